The molecule has 0 atom stereocenters. The third kappa shape index (κ3) is 2.57. The van der Waals surface area contributed by atoms with Crippen molar-refractivity contribution in [1.82, 2.24) is 9.97 Å². The van der Waals surface area contributed by atoms with Crippen molar-refractivity contribution in [2.45, 2.75) is 0 Å². The van der Waals surface area contributed by atoms with Crippen LogP contribution in [0.1, 0.15) is 10.6 Å². The minimum atomic E-state index is -1.20. The van der Waals surface area contributed by atoms with E-state index in [4.69, 9.17) is 21.4 Å². The van der Waals surface area contributed by atoms with E-state index >= 15 is 0 Å². The molecule has 1 aromatic heterocycles. The first-order chi connectivity index (χ1) is 8.60. The Kier molecular flexibility index (Phi) is 3.43. The van der Waals surface area contributed by atoms with Crippen LogP contribution < -0.4 is 4.74 Å². The molecule has 0 radical (unpaired) electrons. The summed E-state index contributed by atoms with van der Waals surface area (Å²) in [6.07, 6.45) is 0. The smallest absolute Gasteiger partial charge is 0.374 e. The van der Waals surface area contributed by atoms with Crippen molar-refractivity contribution in [2.24, 2.45) is 0 Å². The summed E-state index contributed by atoms with van der Waals surface area (Å²) in [7, 11) is 1.42. The quantitative estimate of drug-likeness (QED) is 0.922. The second kappa shape index (κ2) is 5.01. The molecule has 1 heterocycles. The third-order valence-electron chi connectivity index (χ3n) is 2.24. The fourth-order valence-electron chi connectivity index (χ4n) is 1.39. The molecule has 0 bridgehead atoms. The highest BCUT2D eigenvalue weighted by atomic mass is 35.5. The average Bonchev–Trinajstić information content (AvgIpc) is 2.39. The average molecular weight is 265 g/mol. The SMILES string of the molecule is COc1cc(-c2ccc(Cl)cc2)nc(C(=O)O)n1. The van der Waals surface area contributed by atoms with Crippen molar-refractivity contribution in [1.29, 1.82) is 0 Å². The van der Waals surface area contributed by atoms with Gasteiger partial charge in [0.05, 0.1) is 12.8 Å². The monoisotopic (exact) mass is 264 g/mol. The Morgan fingerprint density at radius 1 is 1.28 bits per heavy atom. The van der Waals surface area contributed by atoms with Crippen LogP contribution in [0.3, 0.4) is 0 Å². The minimum Gasteiger partial charge on any atom is -0.481 e. The maximum atomic E-state index is 10.9. The van der Waals surface area contributed by atoms with Gasteiger partial charge in [0.1, 0.15) is 0 Å². The van der Waals surface area contributed by atoms with Gasteiger partial charge in [-0.25, -0.2) is 9.78 Å². The number of aromatic carboxylic acids is 1. The van der Waals surface area contributed by atoms with Gasteiger partial charge in [0.15, 0.2) is 0 Å². The number of aromatic nitrogens is 2. The molecule has 18 heavy (non-hydrogen) atoms. The summed E-state index contributed by atoms with van der Waals surface area (Å²) in [5.74, 6) is -1.31. The van der Waals surface area contributed by atoms with Gasteiger partial charge in [-0.05, 0) is 12.1 Å². The van der Waals surface area contributed by atoms with E-state index in [9.17, 15) is 4.79 Å². The number of nitrogens with zero attached hydrogens (tertiary/aromatic N) is 2. The molecule has 5 nitrogen and oxygen atoms in total. The molecule has 0 aliphatic carbocycles. The number of benzene rings is 1. The molecule has 0 aliphatic heterocycles. The predicted octanol–water partition coefficient (Wildman–Crippen LogP) is 2.50. The van der Waals surface area contributed by atoms with E-state index in [0.29, 0.717) is 10.7 Å². The molecule has 2 rings (SSSR count). The van der Waals surface area contributed by atoms with E-state index in [-0.39, 0.29) is 11.7 Å². The van der Waals surface area contributed by atoms with Crippen LogP contribution in [0.2, 0.25) is 5.02 Å². The summed E-state index contributed by atoms with van der Waals surface area (Å²) in [5, 5.41) is 9.51. The number of rotatable bonds is 3. The number of carbonyl (C=O) groups is 1. The molecule has 0 aliphatic rings. The molecule has 0 spiro atoms. The maximum absolute atomic E-state index is 10.9. The number of halogens is 1. The fourth-order valence-corrected chi connectivity index (χ4v) is 1.52. The molecule has 0 saturated carbocycles. The maximum Gasteiger partial charge on any atom is 0.374 e. The first kappa shape index (κ1) is 12.3. The van der Waals surface area contributed by atoms with E-state index in [2.05, 4.69) is 9.97 Å². The van der Waals surface area contributed by atoms with Crippen LogP contribution in [0.5, 0.6) is 5.88 Å². The van der Waals surface area contributed by atoms with E-state index in [1.165, 1.54) is 7.11 Å². The van der Waals surface area contributed by atoms with Crippen molar-refractivity contribution < 1.29 is 14.6 Å². The van der Waals surface area contributed by atoms with E-state index in [0.717, 1.165) is 5.56 Å². The number of methoxy groups -OCH3 is 1. The molecular formula is C12H9ClN2O3. The molecule has 6 heteroatoms. The van der Waals surface area contributed by atoms with Gasteiger partial charge in [-0.3, -0.25) is 0 Å². The van der Waals surface area contributed by atoms with E-state index < -0.39 is 5.97 Å². The number of ether oxygens (including phenoxy) is 1. The van der Waals surface area contributed by atoms with Crippen LogP contribution in [-0.2, 0) is 0 Å². The lowest BCUT2D eigenvalue weighted by molar-refractivity contribution is 0.0682. The van der Waals surface area contributed by atoms with E-state index in [1.807, 2.05) is 0 Å². The number of carboxylic acids is 1. The van der Waals surface area contributed by atoms with Crippen molar-refractivity contribution in [3.05, 3.63) is 41.2 Å². The van der Waals surface area contributed by atoms with Gasteiger partial charge in [0.2, 0.25) is 11.7 Å². The van der Waals surface area contributed by atoms with Crippen molar-refractivity contribution in [3.8, 4) is 17.1 Å². The fraction of sp³-hybridized carbons (Fsp3) is 0.0833. The van der Waals surface area contributed by atoms with Gasteiger partial charge < -0.3 is 9.84 Å². The second-order valence-electron chi connectivity index (χ2n) is 3.43. The highest BCUT2D eigenvalue weighted by molar-refractivity contribution is 6.30. The lowest BCUT2D eigenvalue weighted by Crippen LogP contribution is -2.06. The van der Waals surface area contributed by atoms with Crippen LogP contribution in [0.15, 0.2) is 30.3 Å². The van der Waals surface area contributed by atoms with Crippen LogP contribution in [0.4, 0.5) is 0 Å². The molecule has 0 saturated heterocycles. The lowest BCUT2D eigenvalue weighted by Gasteiger charge is -2.05. The van der Waals surface area contributed by atoms with Gasteiger partial charge in [-0.2, -0.15) is 4.98 Å². The van der Waals surface area contributed by atoms with E-state index in [1.54, 1.807) is 30.3 Å². The zero-order valence-corrected chi connectivity index (χ0v) is 10.2. The number of hydrogen-bond donors (Lipinski definition) is 1. The standard InChI is InChI=1S/C12H9ClN2O3/c1-18-10-6-9(14-11(15-10)12(16)17)7-2-4-8(13)5-3-7/h2-6H,1H3,(H,16,17). The Labute approximate surface area is 108 Å². The zero-order chi connectivity index (χ0) is 13.1. The van der Waals surface area contributed by atoms with Gasteiger partial charge in [0, 0.05) is 16.7 Å². The number of hydrogen-bond acceptors (Lipinski definition) is 4. The summed E-state index contributed by atoms with van der Waals surface area (Å²) >= 11 is 5.79. The minimum absolute atomic E-state index is 0.201. The first-order valence-electron chi connectivity index (χ1n) is 5.02. The first-order valence-corrected chi connectivity index (χ1v) is 5.40. The molecule has 2 aromatic rings. The molecule has 1 N–H and O–H groups in total. The van der Waals surface area contributed by atoms with Gasteiger partial charge >= 0.3 is 5.97 Å². The number of carboxylic acid groups (broad SMARTS) is 1. The summed E-state index contributed by atoms with van der Waals surface area (Å²) in [6.45, 7) is 0. The third-order valence-corrected chi connectivity index (χ3v) is 2.50. The molecule has 0 fully saturated rings. The summed E-state index contributed by atoms with van der Waals surface area (Å²) < 4.78 is 4.95. The molecule has 1 aromatic carbocycles. The van der Waals surface area contributed by atoms with Crippen molar-refractivity contribution >= 4 is 17.6 Å². The summed E-state index contributed by atoms with van der Waals surface area (Å²) in [5.41, 5.74) is 1.21. The van der Waals surface area contributed by atoms with Gasteiger partial charge in [-0.15, -0.1) is 0 Å². The summed E-state index contributed by atoms with van der Waals surface area (Å²) in [6, 6.07) is 8.46. The Morgan fingerprint density at radius 3 is 2.50 bits per heavy atom. The van der Waals surface area contributed by atoms with Gasteiger partial charge in [0.25, 0.3) is 0 Å². The lowest BCUT2D eigenvalue weighted by atomic mass is 10.1. The Morgan fingerprint density at radius 2 is 1.94 bits per heavy atom. The Balaban J connectivity index is 2.52. The Hall–Kier alpha value is -2.14. The topological polar surface area (TPSA) is 72.3 Å². The highest BCUT2D eigenvalue weighted by Gasteiger charge is 2.12. The molecule has 0 unspecified atom stereocenters. The van der Waals surface area contributed by atoms with Crippen LogP contribution in [-0.4, -0.2) is 28.2 Å². The molecule has 92 valence electrons. The molecule has 0 amide bonds. The van der Waals surface area contributed by atoms with Crippen LogP contribution in [0, 0.1) is 0 Å². The molecular weight excluding hydrogens is 256 g/mol. The van der Waals surface area contributed by atoms with Crippen molar-refractivity contribution in [2.75, 3.05) is 7.11 Å². The highest BCUT2D eigenvalue weighted by Crippen LogP contribution is 2.22. The Bertz CT molecular complexity index is 584. The van der Waals surface area contributed by atoms with Crippen molar-refractivity contribution in [3.63, 3.8) is 0 Å². The van der Waals surface area contributed by atoms with Crippen LogP contribution in [0.25, 0.3) is 11.3 Å². The largest absolute Gasteiger partial charge is 0.481 e. The van der Waals surface area contributed by atoms with Crippen LogP contribution >= 0.6 is 11.6 Å². The second-order valence-corrected chi connectivity index (χ2v) is 3.87. The van der Waals surface area contributed by atoms with Gasteiger partial charge in [-0.1, -0.05) is 23.7 Å². The summed E-state index contributed by atoms with van der Waals surface area (Å²) in [4.78, 5) is 18.6. The zero-order valence-electron chi connectivity index (χ0n) is 9.42. The predicted molar refractivity (Wildman–Crippen MR) is 66.0 cm³/mol. The normalized spacial score (nSPS) is 10.1.